The lowest BCUT2D eigenvalue weighted by Crippen LogP contribution is -2.47. The fourth-order valence-corrected chi connectivity index (χ4v) is 1.84. The number of hydrogen-bond acceptors (Lipinski definition) is 3. The summed E-state index contributed by atoms with van der Waals surface area (Å²) in [5, 5.41) is 6.04. The number of piperazine rings is 1. The van der Waals surface area contributed by atoms with Crippen LogP contribution in [0.25, 0.3) is 0 Å². The van der Waals surface area contributed by atoms with Gasteiger partial charge in [0, 0.05) is 20.2 Å². The number of carbonyl (C=O) groups is 1. The van der Waals surface area contributed by atoms with Gasteiger partial charge in [-0.05, 0) is 11.1 Å². The molecule has 0 aliphatic carbocycles. The van der Waals surface area contributed by atoms with E-state index in [1.165, 1.54) is 0 Å². The molecule has 0 radical (unpaired) electrons. The lowest BCUT2D eigenvalue weighted by Gasteiger charge is -2.23. The largest absolute Gasteiger partial charge is 0.380 e. The lowest BCUT2D eigenvalue weighted by atomic mass is 10.0. The molecule has 2 rings (SSSR count). The Bertz CT molecular complexity index is 362. The highest BCUT2D eigenvalue weighted by Gasteiger charge is 2.22. The number of carbonyl (C=O) groups excluding carboxylic acids is 1. The molecule has 1 aromatic carbocycles. The van der Waals surface area contributed by atoms with Crippen molar-refractivity contribution in [3.05, 3.63) is 35.4 Å². The Hall–Kier alpha value is -1.39. The highest BCUT2D eigenvalue weighted by Crippen LogP contribution is 2.15. The molecule has 1 aromatic rings. The first kappa shape index (κ1) is 11.1. The predicted octanol–water partition coefficient (Wildman–Crippen LogP) is 0.593. The second-order valence-corrected chi connectivity index (χ2v) is 3.85. The van der Waals surface area contributed by atoms with Crippen LogP contribution in [-0.2, 0) is 16.1 Å². The van der Waals surface area contributed by atoms with Gasteiger partial charge in [-0.1, -0.05) is 24.3 Å². The highest BCUT2D eigenvalue weighted by molar-refractivity contribution is 5.83. The summed E-state index contributed by atoms with van der Waals surface area (Å²) in [5.74, 6) is 0.0470. The Labute approximate surface area is 95.0 Å². The zero-order valence-corrected chi connectivity index (χ0v) is 9.32. The maximum absolute atomic E-state index is 11.6. The van der Waals surface area contributed by atoms with E-state index in [4.69, 9.17) is 4.74 Å². The minimum Gasteiger partial charge on any atom is -0.380 e. The summed E-state index contributed by atoms with van der Waals surface area (Å²) in [4.78, 5) is 11.6. The monoisotopic (exact) mass is 220 g/mol. The SMILES string of the molecule is COCc1ccc(C2NCCNC2=O)cc1. The second kappa shape index (κ2) is 5.09. The summed E-state index contributed by atoms with van der Waals surface area (Å²) in [6, 6.07) is 7.70. The van der Waals surface area contributed by atoms with Gasteiger partial charge in [-0.3, -0.25) is 4.79 Å². The van der Waals surface area contributed by atoms with Crippen LogP contribution in [0.3, 0.4) is 0 Å². The molecule has 1 unspecified atom stereocenters. The molecule has 86 valence electrons. The second-order valence-electron chi connectivity index (χ2n) is 3.85. The maximum atomic E-state index is 11.6. The molecule has 1 fully saturated rings. The van der Waals surface area contributed by atoms with Crippen LogP contribution in [0, 0.1) is 0 Å². The average molecular weight is 220 g/mol. The fraction of sp³-hybridized carbons (Fsp3) is 0.417. The van der Waals surface area contributed by atoms with E-state index < -0.39 is 0 Å². The molecule has 16 heavy (non-hydrogen) atoms. The third-order valence-corrected chi connectivity index (χ3v) is 2.66. The van der Waals surface area contributed by atoms with Crippen LogP contribution in [0.1, 0.15) is 17.2 Å². The van der Waals surface area contributed by atoms with Crippen LogP contribution in [0.15, 0.2) is 24.3 Å². The first-order valence-corrected chi connectivity index (χ1v) is 5.40. The average Bonchev–Trinajstić information content (AvgIpc) is 2.31. The topological polar surface area (TPSA) is 50.4 Å². The number of methoxy groups -OCH3 is 1. The van der Waals surface area contributed by atoms with Crippen molar-refractivity contribution in [3.63, 3.8) is 0 Å². The van der Waals surface area contributed by atoms with E-state index in [-0.39, 0.29) is 11.9 Å². The zero-order chi connectivity index (χ0) is 11.4. The van der Waals surface area contributed by atoms with Crippen LogP contribution >= 0.6 is 0 Å². The molecule has 0 aromatic heterocycles. The molecule has 0 bridgehead atoms. The normalized spacial score (nSPS) is 20.6. The van der Waals surface area contributed by atoms with Crippen LogP contribution < -0.4 is 10.6 Å². The van der Waals surface area contributed by atoms with Crippen LogP contribution in [0.2, 0.25) is 0 Å². The van der Waals surface area contributed by atoms with Crippen LogP contribution in [0.5, 0.6) is 0 Å². The van der Waals surface area contributed by atoms with Crippen LogP contribution in [-0.4, -0.2) is 26.1 Å². The predicted molar refractivity (Wildman–Crippen MR) is 60.9 cm³/mol. The molecule has 1 aliphatic rings. The van der Waals surface area contributed by atoms with E-state index in [1.54, 1.807) is 7.11 Å². The molecular formula is C12H16N2O2. The summed E-state index contributed by atoms with van der Waals surface area (Å²) in [6.45, 7) is 2.12. The number of hydrogen-bond donors (Lipinski definition) is 2. The van der Waals surface area contributed by atoms with E-state index in [2.05, 4.69) is 10.6 Å². The van der Waals surface area contributed by atoms with Gasteiger partial charge in [0.05, 0.1) is 6.61 Å². The van der Waals surface area contributed by atoms with Gasteiger partial charge in [0.2, 0.25) is 5.91 Å². The summed E-state index contributed by atoms with van der Waals surface area (Å²) in [5.41, 5.74) is 2.11. The number of nitrogens with one attached hydrogen (secondary N) is 2. The standard InChI is InChI=1S/C12H16N2O2/c1-16-8-9-2-4-10(5-3-9)11-12(15)14-7-6-13-11/h2-5,11,13H,6-8H2,1H3,(H,14,15). The molecular weight excluding hydrogens is 204 g/mol. The van der Waals surface area contributed by atoms with E-state index in [0.29, 0.717) is 13.2 Å². The van der Waals surface area contributed by atoms with E-state index >= 15 is 0 Å². The number of rotatable bonds is 3. The van der Waals surface area contributed by atoms with Gasteiger partial charge in [-0.25, -0.2) is 0 Å². The van der Waals surface area contributed by atoms with Gasteiger partial charge >= 0.3 is 0 Å². The van der Waals surface area contributed by atoms with Gasteiger partial charge in [0.1, 0.15) is 6.04 Å². The smallest absolute Gasteiger partial charge is 0.241 e. The van der Waals surface area contributed by atoms with Gasteiger partial charge in [0.15, 0.2) is 0 Å². The molecule has 2 N–H and O–H groups in total. The Morgan fingerprint density at radius 2 is 2.06 bits per heavy atom. The van der Waals surface area contributed by atoms with Gasteiger partial charge in [-0.15, -0.1) is 0 Å². The van der Waals surface area contributed by atoms with Crippen molar-refractivity contribution >= 4 is 5.91 Å². The van der Waals surface area contributed by atoms with Crippen LogP contribution in [0.4, 0.5) is 0 Å². The maximum Gasteiger partial charge on any atom is 0.241 e. The van der Waals surface area contributed by atoms with Crippen molar-refractivity contribution in [2.75, 3.05) is 20.2 Å². The summed E-state index contributed by atoms with van der Waals surface area (Å²) < 4.78 is 5.04. The summed E-state index contributed by atoms with van der Waals surface area (Å²) in [7, 11) is 1.67. The molecule has 1 atom stereocenters. The summed E-state index contributed by atoms with van der Waals surface area (Å²) >= 11 is 0. The first-order chi connectivity index (χ1) is 7.81. The third kappa shape index (κ3) is 2.40. The Morgan fingerprint density at radius 1 is 1.31 bits per heavy atom. The third-order valence-electron chi connectivity index (χ3n) is 2.66. The number of ether oxygens (including phenoxy) is 1. The first-order valence-electron chi connectivity index (χ1n) is 5.40. The van der Waals surface area contributed by atoms with Gasteiger partial charge < -0.3 is 15.4 Å². The van der Waals surface area contributed by atoms with Crippen molar-refractivity contribution in [2.24, 2.45) is 0 Å². The van der Waals surface area contributed by atoms with Crippen molar-refractivity contribution in [1.29, 1.82) is 0 Å². The van der Waals surface area contributed by atoms with E-state index in [0.717, 1.165) is 17.7 Å². The molecule has 1 heterocycles. The Balaban J connectivity index is 2.11. The molecule has 0 spiro atoms. The van der Waals surface area contributed by atoms with Gasteiger partial charge in [0.25, 0.3) is 0 Å². The molecule has 4 heteroatoms. The Kier molecular flexibility index (Phi) is 3.54. The number of benzene rings is 1. The molecule has 1 aliphatic heterocycles. The van der Waals surface area contributed by atoms with Gasteiger partial charge in [-0.2, -0.15) is 0 Å². The van der Waals surface area contributed by atoms with Crippen molar-refractivity contribution in [2.45, 2.75) is 12.6 Å². The lowest BCUT2D eigenvalue weighted by molar-refractivity contribution is -0.124. The molecule has 0 saturated carbocycles. The van der Waals surface area contributed by atoms with Crippen molar-refractivity contribution in [3.8, 4) is 0 Å². The quantitative estimate of drug-likeness (QED) is 0.784. The van der Waals surface area contributed by atoms with Crippen molar-refractivity contribution in [1.82, 2.24) is 10.6 Å². The van der Waals surface area contributed by atoms with Crippen molar-refractivity contribution < 1.29 is 9.53 Å². The molecule has 4 nitrogen and oxygen atoms in total. The highest BCUT2D eigenvalue weighted by atomic mass is 16.5. The fourth-order valence-electron chi connectivity index (χ4n) is 1.84. The number of amides is 1. The minimum atomic E-state index is -0.217. The Morgan fingerprint density at radius 3 is 2.69 bits per heavy atom. The molecule has 1 saturated heterocycles. The summed E-state index contributed by atoms with van der Waals surface area (Å²) in [6.07, 6.45) is 0. The zero-order valence-electron chi connectivity index (χ0n) is 9.32. The minimum absolute atomic E-state index is 0.0470. The van der Waals surface area contributed by atoms with E-state index in [9.17, 15) is 4.79 Å². The molecule has 1 amide bonds. The van der Waals surface area contributed by atoms with E-state index in [1.807, 2.05) is 24.3 Å².